The molecule has 2 unspecified atom stereocenters. The predicted octanol–water partition coefficient (Wildman–Crippen LogP) is 4.72. The molecule has 0 N–H and O–H groups in total. The summed E-state index contributed by atoms with van der Waals surface area (Å²) in [4.78, 5) is 0. The second-order valence-electron chi connectivity index (χ2n) is 3.82. The molecule has 112 valence electrons. The third kappa shape index (κ3) is 5.99. The first-order valence-electron chi connectivity index (χ1n) is 5.43. The molecular weight excluding hydrogens is 404 g/mol. The van der Waals surface area contributed by atoms with E-state index in [2.05, 4.69) is 0 Å². The summed E-state index contributed by atoms with van der Waals surface area (Å²) < 4.78 is 10.4. The van der Waals surface area contributed by atoms with Crippen molar-refractivity contribution in [3.8, 4) is 0 Å². The van der Waals surface area contributed by atoms with Crippen LogP contribution in [0.4, 0.5) is 0 Å². The molecule has 20 heavy (non-hydrogen) atoms. The number of hydrogen-bond acceptors (Lipinski definition) is 1. The van der Waals surface area contributed by atoms with Crippen molar-refractivity contribution < 1.29 is 9.16 Å². The molecule has 2 aliphatic carbocycles. The van der Waals surface area contributed by atoms with Crippen LogP contribution < -0.4 is 0 Å². The van der Waals surface area contributed by atoms with Crippen LogP contribution in [0, 0.1) is 0 Å². The molecule has 9 heteroatoms. The molecule has 2 rings (SSSR count). The minimum atomic E-state index is -2.94. The molecule has 1 saturated carbocycles. The molecule has 0 spiro atoms. The predicted molar refractivity (Wildman–Crippen MR) is 90.6 cm³/mol. The van der Waals surface area contributed by atoms with Crippen molar-refractivity contribution in [2.24, 2.45) is 0 Å². The molecule has 2 atom stereocenters. The van der Waals surface area contributed by atoms with Gasteiger partial charge in [0.1, 0.15) is 5.76 Å². The summed E-state index contributed by atoms with van der Waals surface area (Å²) in [5.74, 6) is 1.51. The van der Waals surface area contributed by atoms with Gasteiger partial charge in [0, 0.05) is 0 Å². The maximum atomic E-state index is 5.98. The Balaban J connectivity index is 0.000000347. The van der Waals surface area contributed by atoms with Gasteiger partial charge in [0.15, 0.2) is 0 Å². The summed E-state index contributed by atoms with van der Waals surface area (Å²) in [5.41, 5.74) is 2.00. The van der Waals surface area contributed by atoms with Crippen molar-refractivity contribution in [2.75, 3.05) is 14.2 Å². The van der Waals surface area contributed by atoms with Crippen LogP contribution >= 0.6 is 63.4 Å². The van der Waals surface area contributed by atoms with Crippen LogP contribution in [0.25, 0.3) is 0 Å². The highest BCUT2D eigenvalue weighted by molar-refractivity contribution is 7.81. The fraction of sp³-hybridized carbons (Fsp3) is 0.364. The van der Waals surface area contributed by atoms with Gasteiger partial charge in [-0.1, -0.05) is 0 Å². The van der Waals surface area contributed by atoms with E-state index in [4.69, 9.17) is 72.6 Å². The van der Waals surface area contributed by atoms with Gasteiger partial charge in [-0.3, -0.25) is 4.42 Å². The zero-order chi connectivity index (χ0) is 15.5. The first-order valence-corrected chi connectivity index (χ1v) is 13.3. The average Bonchev–Trinajstić information content (AvgIpc) is 2.94. The summed E-state index contributed by atoms with van der Waals surface area (Å²) in [5, 5.41) is -0.150. The molecule has 1 fully saturated rings. The number of carbonyl (C=O) groups excluding carboxylic acids is 1. The van der Waals surface area contributed by atoms with E-state index < -0.39 is 9.39 Å². The summed E-state index contributed by atoms with van der Waals surface area (Å²) in [6.45, 7) is 0. The van der Waals surface area contributed by atoms with Crippen LogP contribution in [0.3, 0.4) is 0 Å². The van der Waals surface area contributed by atoms with Crippen molar-refractivity contribution >= 4 is 78.6 Å². The fourth-order valence-electron chi connectivity index (χ4n) is 1.54. The quantitative estimate of drug-likeness (QED) is 0.263. The third-order valence-corrected chi connectivity index (χ3v) is 3.56. The molecule has 0 aromatic carbocycles. The zero-order valence-electron chi connectivity index (χ0n) is 10.5. The van der Waals surface area contributed by atoms with Gasteiger partial charge in [-0.15, -0.1) is 23.2 Å². The van der Waals surface area contributed by atoms with E-state index in [1.54, 1.807) is 14.2 Å². The molecule has 0 aliphatic heterocycles. The Morgan fingerprint density at radius 2 is 1.60 bits per heavy atom. The van der Waals surface area contributed by atoms with Crippen molar-refractivity contribution in [3.63, 3.8) is 0 Å². The molecule has 2 nitrogen and oxygen atoms in total. The van der Waals surface area contributed by atoms with Gasteiger partial charge in [-0.25, -0.2) is 0 Å². The average molecular weight is 415 g/mol. The van der Waals surface area contributed by atoms with Crippen LogP contribution in [0.15, 0.2) is 35.1 Å². The molecule has 0 aromatic rings. The Bertz CT molecular complexity index is 476. The lowest BCUT2D eigenvalue weighted by Gasteiger charge is -2.03. The van der Waals surface area contributed by atoms with E-state index in [9.17, 15) is 0 Å². The van der Waals surface area contributed by atoms with E-state index in [1.807, 2.05) is 18.2 Å². The van der Waals surface area contributed by atoms with Gasteiger partial charge in [-0.05, 0) is 17.7 Å². The van der Waals surface area contributed by atoms with Crippen LogP contribution in [0.1, 0.15) is 0 Å². The summed E-state index contributed by atoms with van der Waals surface area (Å²) >= 11 is 12.0. The number of ketones is 1. The monoisotopic (exact) mass is 412 g/mol. The van der Waals surface area contributed by atoms with E-state index in [-0.39, 0.29) is 10.8 Å². The Labute approximate surface area is 147 Å². The van der Waals surface area contributed by atoms with Gasteiger partial charge in [0.05, 0.1) is 29.5 Å². The highest BCUT2D eigenvalue weighted by Gasteiger charge is 2.46. The number of ether oxygens (including phenoxy) is 1. The normalized spacial score (nSPS) is 27.0. The minimum Gasteiger partial charge on any atom is -0.496 e. The first-order chi connectivity index (χ1) is 9.19. The lowest BCUT2D eigenvalue weighted by Crippen LogP contribution is -2.06. The number of allylic oxidation sites excluding steroid dienone is 5. The van der Waals surface area contributed by atoms with Gasteiger partial charge in [0.2, 0.25) is 0 Å². The second kappa shape index (κ2) is 8.00. The first kappa shape index (κ1) is 19.0. The van der Waals surface area contributed by atoms with Gasteiger partial charge >= 0.3 is 15.2 Å². The topological polar surface area (TPSA) is 20.5 Å². The van der Waals surface area contributed by atoms with Crippen molar-refractivity contribution in [2.45, 2.75) is 10.8 Å². The lowest BCUT2D eigenvalue weighted by atomic mass is 10.0. The highest BCUT2D eigenvalue weighted by Crippen LogP contribution is 2.44. The summed E-state index contributed by atoms with van der Waals surface area (Å²) in [6.07, 6.45) is 5.62. The van der Waals surface area contributed by atoms with Crippen molar-refractivity contribution in [1.29, 1.82) is 0 Å². The van der Waals surface area contributed by atoms with Gasteiger partial charge in [-0.2, -0.15) is 0 Å². The van der Waals surface area contributed by atoms with Crippen LogP contribution in [0.2, 0.25) is 0 Å². The molecule has 0 radical (unpaired) electrons. The maximum absolute atomic E-state index is 5.98. The molecule has 0 bridgehead atoms. The van der Waals surface area contributed by atoms with Crippen LogP contribution in [0.5, 0.6) is 0 Å². The Morgan fingerprint density at radius 3 is 1.95 bits per heavy atom. The highest BCUT2D eigenvalue weighted by atomic mass is 35.9. The molecule has 0 saturated heterocycles. The third-order valence-electron chi connectivity index (χ3n) is 2.46. The van der Waals surface area contributed by atoms with E-state index in [0.717, 1.165) is 22.7 Å². The number of rotatable bonds is 1. The largest absolute Gasteiger partial charge is 0.564 e. The molecular formula is C11H11AlCl6O2. The lowest BCUT2D eigenvalue weighted by molar-refractivity contribution is -0.418. The van der Waals surface area contributed by atoms with E-state index in [1.165, 1.54) is 0 Å². The minimum absolute atomic E-state index is 0.0750. The van der Waals surface area contributed by atoms with Gasteiger partial charge < -0.3 is 44.9 Å². The maximum Gasteiger partial charge on any atom is 0.564 e. The van der Waals surface area contributed by atoms with E-state index >= 15 is 0 Å². The molecule has 0 amide bonds. The Hall–Kier alpha value is 0.962. The van der Waals surface area contributed by atoms with Crippen molar-refractivity contribution in [1.82, 2.24) is 0 Å². The SMILES string of the molecule is COC1=CC(=[O+]C)C(=C2C(Cl)C2Cl)C=C1.[Cl][Al-]([Cl])([Cl])[Cl]. The van der Waals surface area contributed by atoms with E-state index in [0.29, 0.717) is 0 Å². The van der Waals surface area contributed by atoms with Crippen molar-refractivity contribution in [3.05, 3.63) is 35.1 Å². The summed E-state index contributed by atoms with van der Waals surface area (Å²) in [6, 6.07) is 0. The zero-order valence-corrected chi connectivity index (χ0v) is 16.2. The summed E-state index contributed by atoms with van der Waals surface area (Å²) in [7, 11) is 20.3. The Kier molecular flexibility index (Phi) is 7.60. The molecule has 0 aromatic heterocycles. The smallest absolute Gasteiger partial charge is 0.496 e. The van der Waals surface area contributed by atoms with Crippen LogP contribution in [-0.4, -0.2) is 40.1 Å². The fourth-order valence-corrected chi connectivity index (χ4v) is 2.23. The number of halogens is 6. The second-order valence-corrected chi connectivity index (χ2v) is 17.6. The number of methoxy groups -OCH3 is 1. The van der Waals surface area contributed by atoms with Crippen LogP contribution in [-0.2, 0) is 9.16 Å². The number of alkyl halides is 2. The molecule has 2 aliphatic rings. The van der Waals surface area contributed by atoms with Gasteiger partial charge in [0.25, 0.3) is 7.11 Å². The number of hydrogen-bond donors (Lipinski definition) is 0. The Morgan fingerprint density at radius 1 is 1.10 bits per heavy atom. The molecule has 0 heterocycles. The standard InChI is InChI=1S/C11H11Cl2O2.Al.4ClH/c1-14-6-3-4-7(8(5-6)15-2)9-10(12)11(9)13;;;;;/h3-5,10-11H,1-2H3;;4*1H/q+1;+3;;;;/p-4.